The zero-order valence-electron chi connectivity index (χ0n) is 16.8. The summed E-state index contributed by atoms with van der Waals surface area (Å²) in [6, 6.07) is 4.13. The molecule has 1 unspecified atom stereocenters. The quantitative estimate of drug-likeness (QED) is 0.710. The molecule has 2 aliphatic rings. The van der Waals surface area contributed by atoms with Crippen molar-refractivity contribution >= 4 is 18.8 Å². The number of rotatable bonds is 2. The number of carbonyl (C=O) groups is 2. The molecular weight excluding hydrogens is 376 g/mol. The van der Waals surface area contributed by atoms with Gasteiger partial charge in [-0.25, -0.2) is 4.98 Å². The van der Waals surface area contributed by atoms with Crippen LogP contribution < -0.4 is 4.90 Å². The van der Waals surface area contributed by atoms with Crippen LogP contribution in [0.3, 0.4) is 0 Å². The number of imidazole rings is 1. The summed E-state index contributed by atoms with van der Waals surface area (Å²) in [7, 11) is 4.21. The van der Waals surface area contributed by atoms with Crippen LogP contribution in [0.25, 0.3) is 11.5 Å². The van der Waals surface area contributed by atoms with E-state index in [9.17, 15) is 0 Å². The molecular formula is C19H28N6O4. The fourth-order valence-corrected chi connectivity index (χ4v) is 4.12. The van der Waals surface area contributed by atoms with Crippen molar-refractivity contribution < 1.29 is 19.8 Å². The summed E-state index contributed by atoms with van der Waals surface area (Å²) in [5, 5.41) is 22.7. The molecule has 10 heteroatoms. The molecule has 0 aliphatic carbocycles. The third kappa shape index (κ3) is 5.74. The molecule has 2 aromatic heterocycles. The van der Waals surface area contributed by atoms with Gasteiger partial charge in [-0.3, -0.25) is 9.59 Å². The first kappa shape index (κ1) is 22.3. The highest BCUT2D eigenvalue weighted by atomic mass is 16.3. The van der Waals surface area contributed by atoms with E-state index in [4.69, 9.17) is 19.8 Å². The Bertz CT molecular complexity index is 771. The number of nitrogens with zero attached hydrogens (tertiary/aromatic N) is 6. The number of carboxylic acid groups (broad SMARTS) is 2. The normalized spacial score (nSPS) is 21.0. The van der Waals surface area contributed by atoms with Gasteiger partial charge in [0.25, 0.3) is 12.9 Å². The first-order chi connectivity index (χ1) is 14.0. The first-order valence-electron chi connectivity index (χ1n) is 9.39. The van der Waals surface area contributed by atoms with Crippen molar-refractivity contribution in [2.24, 2.45) is 12.5 Å². The van der Waals surface area contributed by atoms with E-state index in [1.165, 1.54) is 32.4 Å². The largest absolute Gasteiger partial charge is 0.483 e. The molecule has 2 N–H and O–H groups in total. The van der Waals surface area contributed by atoms with E-state index in [0.717, 1.165) is 30.4 Å². The summed E-state index contributed by atoms with van der Waals surface area (Å²) in [5.41, 5.74) is 1.28. The molecule has 0 radical (unpaired) electrons. The van der Waals surface area contributed by atoms with Crippen molar-refractivity contribution in [1.82, 2.24) is 24.6 Å². The zero-order chi connectivity index (χ0) is 21.3. The maximum absolute atomic E-state index is 8.36. The lowest BCUT2D eigenvalue weighted by Gasteiger charge is -2.40. The molecule has 0 aromatic carbocycles. The van der Waals surface area contributed by atoms with Gasteiger partial charge < -0.3 is 24.6 Å². The summed E-state index contributed by atoms with van der Waals surface area (Å²) in [6.45, 7) is 4.12. The summed E-state index contributed by atoms with van der Waals surface area (Å²) in [6.07, 6.45) is 7.61. The summed E-state index contributed by atoms with van der Waals surface area (Å²) >= 11 is 0. The second kappa shape index (κ2) is 10.5. The number of anilines is 1. The highest BCUT2D eigenvalue weighted by molar-refractivity contribution is 5.52. The van der Waals surface area contributed by atoms with Gasteiger partial charge >= 0.3 is 0 Å². The average Bonchev–Trinajstić information content (AvgIpc) is 3.29. The van der Waals surface area contributed by atoms with Crippen LogP contribution in [-0.2, 0) is 16.6 Å². The highest BCUT2D eigenvalue weighted by Crippen LogP contribution is 2.39. The van der Waals surface area contributed by atoms with E-state index >= 15 is 0 Å². The molecule has 4 rings (SSSR count). The van der Waals surface area contributed by atoms with Gasteiger partial charge in [0.15, 0.2) is 11.6 Å². The molecule has 0 saturated carbocycles. The lowest BCUT2D eigenvalue weighted by molar-refractivity contribution is -0.123. The fraction of sp³-hybridized carbons (Fsp3) is 0.526. The van der Waals surface area contributed by atoms with Crippen molar-refractivity contribution in [3.05, 3.63) is 24.5 Å². The summed E-state index contributed by atoms with van der Waals surface area (Å²) in [4.78, 5) is 25.9. The third-order valence-corrected chi connectivity index (χ3v) is 5.32. The molecule has 4 heterocycles. The lowest BCUT2D eigenvalue weighted by atomic mass is 9.79. The van der Waals surface area contributed by atoms with Gasteiger partial charge in [-0.05, 0) is 45.0 Å². The van der Waals surface area contributed by atoms with Crippen LogP contribution in [-0.4, -0.2) is 81.0 Å². The Kier molecular flexibility index (Phi) is 8.08. The Morgan fingerprint density at radius 3 is 2.28 bits per heavy atom. The van der Waals surface area contributed by atoms with Gasteiger partial charge in [0.05, 0.1) is 0 Å². The van der Waals surface area contributed by atoms with Crippen molar-refractivity contribution in [2.75, 3.05) is 38.1 Å². The van der Waals surface area contributed by atoms with E-state index in [1.54, 1.807) is 6.20 Å². The van der Waals surface area contributed by atoms with Crippen LogP contribution in [0.15, 0.2) is 24.5 Å². The van der Waals surface area contributed by atoms with E-state index in [-0.39, 0.29) is 12.9 Å². The summed E-state index contributed by atoms with van der Waals surface area (Å²) in [5.74, 6) is 1.85. The van der Waals surface area contributed by atoms with Crippen molar-refractivity contribution in [3.8, 4) is 11.5 Å². The Morgan fingerprint density at radius 2 is 1.76 bits per heavy atom. The predicted molar refractivity (Wildman–Crippen MR) is 108 cm³/mol. The minimum absolute atomic E-state index is 0.250. The molecule has 1 spiro atoms. The molecule has 2 aromatic rings. The molecule has 2 saturated heterocycles. The Morgan fingerprint density at radius 1 is 1.03 bits per heavy atom. The number of hydrogen-bond acceptors (Lipinski definition) is 7. The van der Waals surface area contributed by atoms with Gasteiger partial charge in [0, 0.05) is 44.5 Å². The van der Waals surface area contributed by atoms with E-state index in [1.807, 2.05) is 23.9 Å². The maximum Gasteiger partial charge on any atom is 0.290 e. The first-order valence-corrected chi connectivity index (χ1v) is 9.39. The molecule has 158 valence electrons. The van der Waals surface area contributed by atoms with Crippen LogP contribution in [0.1, 0.15) is 19.3 Å². The van der Waals surface area contributed by atoms with Gasteiger partial charge in [-0.15, -0.1) is 10.2 Å². The SMILES string of the molecule is CN1CCC2(CCCN(c3ccc(-c4nccn4C)nn3)C2)C1.O=CO.O=CO. The number of aryl methyl sites for hydroxylation is 1. The predicted octanol–water partition coefficient (Wildman–Crippen LogP) is 1.20. The van der Waals surface area contributed by atoms with Gasteiger partial charge in [-0.2, -0.15) is 0 Å². The van der Waals surface area contributed by atoms with Gasteiger partial charge in [-0.1, -0.05) is 0 Å². The van der Waals surface area contributed by atoms with E-state index in [2.05, 4.69) is 38.1 Å². The second-order valence-corrected chi connectivity index (χ2v) is 7.36. The van der Waals surface area contributed by atoms with E-state index < -0.39 is 0 Å². The average molecular weight is 404 g/mol. The number of piperidine rings is 1. The molecule has 0 amide bonds. The van der Waals surface area contributed by atoms with Crippen LogP contribution in [0.4, 0.5) is 5.82 Å². The van der Waals surface area contributed by atoms with Crippen LogP contribution >= 0.6 is 0 Å². The molecule has 29 heavy (non-hydrogen) atoms. The van der Waals surface area contributed by atoms with Gasteiger partial charge in [0.2, 0.25) is 0 Å². The summed E-state index contributed by atoms with van der Waals surface area (Å²) < 4.78 is 1.97. The number of likely N-dealkylation sites (tertiary alicyclic amines) is 1. The van der Waals surface area contributed by atoms with Gasteiger partial charge in [0.1, 0.15) is 5.69 Å². The minimum Gasteiger partial charge on any atom is -0.483 e. The molecule has 2 aliphatic heterocycles. The smallest absolute Gasteiger partial charge is 0.290 e. The highest BCUT2D eigenvalue weighted by Gasteiger charge is 2.40. The van der Waals surface area contributed by atoms with Crippen molar-refractivity contribution in [2.45, 2.75) is 19.3 Å². The Labute approximate surface area is 169 Å². The Hall–Kier alpha value is -3.01. The van der Waals surface area contributed by atoms with E-state index in [0.29, 0.717) is 5.41 Å². The zero-order valence-corrected chi connectivity index (χ0v) is 16.8. The van der Waals surface area contributed by atoms with Crippen molar-refractivity contribution in [3.63, 3.8) is 0 Å². The standard InChI is InChI=1S/C17H24N6.2CH2O2/c1-21-10-7-17(12-21)6-3-9-23(13-17)15-5-4-14(19-20-15)16-18-8-11-22(16)2;2*2-1-3/h4-5,8,11H,3,6-7,9-10,12-13H2,1-2H3;2*1H,(H,2,3). The number of hydrogen-bond donors (Lipinski definition) is 2. The van der Waals surface area contributed by atoms with Crippen LogP contribution in [0.2, 0.25) is 0 Å². The number of aromatic nitrogens is 4. The lowest BCUT2D eigenvalue weighted by Crippen LogP contribution is -2.45. The van der Waals surface area contributed by atoms with Crippen molar-refractivity contribution in [1.29, 1.82) is 0 Å². The molecule has 0 bridgehead atoms. The van der Waals surface area contributed by atoms with Crippen LogP contribution in [0.5, 0.6) is 0 Å². The van der Waals surface area contributed by atoms with Crippen LogP contribution in [0, 0.1) is 5.41 Å². The molecule has 10 nitrogen and oxygen atoms in total. The molecule has 2 fully saturated rings. The second-order valence-electron chi connectivity index (χ2n) is 7.36. The minimum atomic E-state index is -0.250. The molecule has 1 atom stereocenters. The monoisotopic (exact) mass is 404 g/mol. The topological polar surface area (TPSA) is 125 Å². The fourth-order valence-electron chi connectivity index (χ4n) is 4.12. The maximum atomic E-state index is 8.36. The third-order valence-electron chi connectivity index (χ3n) is 5.32. The Balaban J connectivity index is 0.000000449.